The van der Waals surface area contributed by atoms with Crippen molar-refractivity contribution in [1.29, 1.82) is 0 Å². The molecule has 0 spiro atoms. The van der Waals surface area contributed by atoms with Gasteiger partial charge in [0.1, 0.15) is 0 Å². The smallest absolute Gasteiger partial charge is 0.00204 e. The van der Waals surface area contributed by atoms with Crippen LogP contribution in [0.4, 0.5) is 0 Å². The lowest BCUT2D eigenvalue weighted by Crippen LogP contribution is -2.01. The predicted octanol–water partition coefficient (Wildman–Crippen LogP) is 3.45. The third kappa shape index (κ3) is 1.55. The van der Waals surface area contributed by atoms with Gasteiger partial charge in [0.25, 0.3) is 0 Å². The molecule has 0 bridgehead atoms. The minimum Gasteiger partial charge on any atom is -0.0879 e. The Morgan fingerprint density at radius 2 is 2.18 bits per heavy atom. The molecule has 0 aromatic rings. The van der Waals surface area contributed by atoms with E-state index < -0.39 is 0 Å². The van der Waals surface area contributed by atoms with Gasteiger partial charge < -0.3 is 0 Å². The molecule has 2 aliphatic carbocycles. The van der Waals surface area contributed by atoms with Gasteiger partial charge in [0.15, 0.2) is 0 Å². The summed E-state index contributed by atoms with van der Waals surface area (Å²) < 4.78 is 0. The SMILES string of the molecule is C1=CC(C2=CCCCC2)CC1. The van der Waals surface area contributed by atoms with Crippen LogP contribution in [0.1, 0.15) is 38.5 Å². The summed E-state index contributed by atoms with van der Waals surface area (Å²) in [4.78, 5) is 0. The molecule has 0 heteroatoms. The summed E-state index contributed by atoms with van der Waals surface area (Å²) in [6, 6.07) is 0. The quantitative estimate of drug-likeness (QED) is 0.499. The molecule has 2 rings (SSSR count). The van der Waals surface area contributed by atoms with Crippen molar-refractivity contribution in [2.75, 3.05) is 0 Å². The monoisotopic (exact) mass is 148 g/mol. The van der Waals surface area contributed by atoms with E-state index in [4.69, 9.17) is 0 Å². The highest BCUT2D eigenvalue weighted by Crippen LogP contribution is 2.31. The van der Waals surface area contributed by atoms with Crippen LogP contribution >= 0.6 is 0 Å². The van der Waals surface area contributed by atoms with Crippen molar-refractivity contribution in [2.45, 2.75) is 38.5 Å². The van der Waals surface area contributed by atoms with Crippen molar-refractivity contribution in [3.8, 4) is 0 Å². The standard InChI is InChI=1S/C11H16/c1-2-6-10(7-3-1)11-8-4-5-9-11/h4,6,8,11H,1-3,5,7,9H2. The highest BCUT2D eigenvalue weighted by Gasteiger charge is 2.15. The van der Waals surface area contributed by atoms with E-state index in [-0.39, 0.29) is 0 Å². The molecular formula is C11H16. The van der Waals surface area contributed by atoms with Gasteiger partial charge >= 0.3 is 0 Å². The molecule has 0 radical (unpaired) electrons. The van der Waals surface area contributed by atoms with Crippen LogP contribution < -0.4 is 0 Å². The Balaban J connectivity index is 2.02. The molecule has 11 heavy (non-hydrogen) atoms. The van der Waals surface area contributed by atoms with Gasteiger partial charge in [-0.2, -0.15) is 0 Å². The van der Waals surface area contributed by atoms with Gasteiger partial charge in [-0.1, -0.05) is 23.8 Å². The van der Waals surface area contributed by atoms with E-state index in [1.54, 1.807) is 5.57 Å². The predicted molar refractivity (Wildman–Crippen MR) is 48.4 cm³/mol. The van der Waals surface area contributed by atoms with Crippen molar-refractivity contribution in [2.24, 2.45) is 5.92 Å². The number of allylic oxidation sites excluding steroid dienone is 4. The van der Waals surface area contributed by atoms with E-state index in [0.29, 0.717) is 0 Å². The van der Waals surface area contributed by atoms with Crippen molar-refractivity contribution in [3.05, 3.63) is 23.8 Å². The van der Waals surface area contributed by atoms with Crippen LogP contribution in [-0.2, 0) is 0 Å². The fourth-order valence-corrected chi connectivity index (χ4v) is 2.14. The zero-order valence-electron chi connectivity index (χ0n) is 7.05. The summed E-state index contributed by atoms with van der Waals surface area (Å²) in [7, 11) is 0. The highest BCUT2D eigenvalue weighted by molar-refractivity contribution is 5.18. The summed E-state index contributed by atoms with van der Waals surface area (Å²) in [5.74, 6) is 0.829. The topological polar surface area (TPSA) is 0 Å². The first-order chi connectivity index (χ1) is 5.47. The van der Waals surface area contributed by atoms with Crippen molar-refractivity contribution < 1.29 is 0 Å². The number of hydrogen-bond acceptors (Lipinski definition) is 0. The molecule has 0 fully saturated rings. The molecule has 0 aliphatic heterocycles. The molecule has 1 atom stereocenters. The zero-order valence-corrected chi connectivity index (χ0v) is 7.05. The Labute approximate surface area is 69.0 Å². The number of hydrogen-bond donors (Lipinski definition) is 0. The maximum absolute atomic E-state index is 2.48. The molecule has 0 amide bonds. The average molecular weight is 148 g/mol. The lowest BCUT2D eigenvalue weighted by Gasteiger charge is -2.17. The maximum Gasteiger partial charge on any atom is -0.00204 e. The molecule has 0 saturated carbocycles. The van der Waals surface area contributed by atoms with Crippen LogP contribution in [0.2, 0.25) is 0 Å². The molecule has 2 aliphatic rings. The van der Waals surface area contributed by atoms with E-state index in [1.165, 1.54) is 38.5 Å². The van der Waals surface area contributed by atoms with E-state index in [1.807, 2.05) is 0 Å². The molecule has 0 saturated heterocycles. The fraction of sp³-hybridized carbons (Fsp3) is 0.636. The second-order valence-electron chi connectivity index (χ2n) is 3.64. The second-order valence-corrected chi connectivity index (χ2v) is 3.64. The first-order valence-corrected chi connectivity index (χ1v) is 4.82. The Bertz CT molecular complexity index is 186. The summed E-state index contributed by atoms with van der Waals surface area (Å²) in [6.45, 7) is 0. The summed E-state index contributed by atoms with van der Waals surface area (Å²) >= 11 is 0. The van der Waals surface area contributed by atoms with Crippen LogP contribution in [0, 0.1) is 5.92 Å². The lowest BCUT2D eigenvalue weighted by molar-refractivity contribution is 0.614. The average Bonchev–Trinajstić information content (AvgIpc) is 2.58. The van der Waals surface area contributed by atoms with E-state index in [9.17, 15) is 0 Å². The minimum atomic E-state index is 0.829. The Morgan fingerprint density at radius 1 is 1.18 bits per heavy atom. The molecule has 0 heterocycles. The maximum atomic E-state index is 2.48. The first kappa shape index (κ1) is 7.15. The molecular weight excluding hydrogens is 132 g/mol. The van der Waals surface area contributed by atoms with Gasteiger partial charge in [-0.15, -0.1) is 0 Å². The summed E-state index contributed by atoms with van der Waals surface area (Å²) in [6.07, 6.45) is 15.4. The van der Waals surface area contributed by atoms with Crippen LogP contribution in [0.5, 0.6) is 0 Å². The minimum absolute atomic E-state index is 0.829. The molecule has 60 valence electrons. The second kappa shape index (κ2) is 3.25. The van der Waals surface area contributed by atoms with Gasteiger partial charge in [-0.25, -0.2) is 0 Å². The molecule has 1 unspecified atom stereocenters. The number of rotatable bonds is 1. The third-order valence-electron chi connectivity index (χ3n) is 2.82. The van der Waals surface area contributed by atoms with Gasteiger partial charge in [0, 0.05) is 0 Å². The Kier molecular flexibility index (Phi) is 2.11. The lowest BCUT2D eigenvalue weighted by atomic mass is 9.89. The first-order valence-electron chi connectivity index (χ1n) is 4.82. The molecule has 0 aromatic heterocycles. The normalized spacial score (nSPS) is 30.5. The van der Waals surface area contributed by atoms with Crippen LogP contribution in [0.3, 0.4) is 0 Å². The summed E-state index contributed by atoms with van der Waals surface area (Å²) in [5, 5.41) is 0. The van der Waals surface area contributed by atoms with Crippen LogP contribution in [-0.4, -0.2) is 0 Å². The highest BCUT2D eigenvalue weighted by atomic mass is 14.2. The van der Waals surface area contributed by atoms with Crippen molar-refractivity contribution >= 4 is 0 Å². The van der Waals surface area contributed by atoms with Crippen molar-refractivity contribution in [1.82, 2.24) is 0 Å². The van der Waals surface area contributed by atoms with Crippen LogP contribution in [0.15, 0.2) is 23.8 Å². The molecule has 0 N–H and O–H groups in total. The Morgan fingerprint density at radius 3 is 2.82 bits per heavy atom. The van der Waals surface area contributed by atoms with Crippen LogP contribution in [0.25, 0.3) is 0 Å². The van der Waals surface area contributed by atoms with E-state index >= 15 is 0 Å². The zero-order chi connectivity index (χ0) is 7.52. The van der Waals surface area contributed by atoms with E-state index in [0.717, 1.165) is 5.92 Å². The van der Waals surface area contributed by atoms with Gasteiger partial charge in [-0.3, -0.25) is 0 Å². The van der Waals surface area contributed by atoms with Gasteiger partial charge in [-0.05, 0) is 44.4 Å². The fourth-order valence-electron chi connectivity index (χ4n) is 2.14. The Hall–Kier alpha value is -0.520. The molecule has 0 aromatic carbocycles. The van der Waals surface area contributed by atoms with Gasteiger partial charge in [0.2, 0.25) is 0 Å². The third-order valence-corrected chi connectivity index (χ3v) is 2.82. The molecule has 0 nitrogen and oxygen atoms in total. The largest absolute Gasteiger partial charge is 0.0879 e. The van der Waals surface area contributed by atoms with Gasteiger partial charge in [0.05, 0.1) is 0 Å². The summed E-state index contributed by atoms with van der Waals surface area (Å²) in [5.41, 5.74) is 1.73. The van der Waals surface area contributed by atoms with Crippen molar-refractivity contribution in [3.63, 3.8) is 0 Å². The van der Waals surface area contributed by atoms with E-state index in [2.05, 4.69) is 18.2 Å².